The Morgan fingerprint density at radius 1 is 1.03 bits per heavy atom. The minimum absolute atomic E-state index is 0.0564. The van der Waals surface area contributed by atoms with Gasteiger partial charge in [0.05, 0.1) is 5.41 Å². The SMILES string of the molecule is CC(=O)O[C@H]1CC[C@@]2(C)[C@H](CC[C@@H]3C4=C(CC[C@@H]32)[C@](C)(C#Cc2ccccc2)CC4)C1. The summed E-state index contributed by atoms with van der Waals surface area (Å²) in [6.45, 7) is 6.51. The molecule has 2 saturated carbocycles. The van der Waals surface area contributed by atoms with Gasteiger partial charge in [0.2, 0.25) is 0 Å². The number of hydrogen-bond acceptors (Lipinski definition) is 2. The number of carbonyl (C=O) groups excluding carboxylic acids is 1. The number of ether oxygens (including phenoxy) is 1. The van der Waals surface area contributed by atoms with E-state index >= 15 is 0 Å². The Morgan fingerprint density at radius 2 is 1.84 bits per heavy atom. The number of allylic oxidation sites excluding steroid dienone is 2. The summed E-state index contributed by atoms with van der Waals surface area (Å²) in [6.07, 6.45) is 11.1. The largest absolute Gasteiger partial charge is 0.463 e. The minimum Gasteiger partial charge on any atom is -0.463 e. The van der Waals surface area contributed by atoms with Crippen molar-refractivity contribution in [2.75, 3.05) is 0 Å². The van der Waals surface area contributed by atoms with E-state index in [1.54, 1.807) is 18.1 Å². The standard InChI is InChI=1S/C29H36O2/c1-20(30)31-23-14-18-29(3)22(19-23)9-10-24-25-15-17-28(2,26(25)11-12-27(24)29)16-13-21-7-5-4-6-8-21/h4-8,22-24,27H,9-12,14-15,17-19H2,1-3H3/t22-,23+,24-,27+,28-,29+/m1/s1. The smallest absolute Gasteiger partial charge is 0.302 e. The molecule has 4 aliphatic carbocycles. The third kappa shape index (κ3) is 3.65. The van der Waals surface area contributed by atoms with Crippen molar-refractivity contribution in [3.05, 3.63) is 47.0 Å². The first-order chi connectivity index (χ1) is 14.9. The number of carbonyl (C=O) groups is 1. The van der Waals surface area contributed by atoms with E-state index in [0.29, 0.717) is 11.3 Å². The van der Waals surface area contributed by atoms with E-state index in [4.69, 9.17) is 4.74 Å². The molecule has 0 amide bonds. The molecule has 0 N–H and O–H groups in total. The maximum Gasteiger partial charge on any atom is 0.302 e. The molecule has 2 nitrogen and oxygen atoms in total. The summed E-state index contributed by atoms with van der Waals surface area (Å²) < 4.78 is 5.62. The molecule has 5 rings (SSSR count). The van der Waals surface area contributed by atoms with Crippen LogP contribution < -0.4 is 0 Å². The van der Waals surface area contributed by atoms with Gasteiger partial charge in [0.15, 0.2) is 0 Å². The number of rotatable bonds is 1. The average Bonchev–Trinajstić information content (AvgIpc) is 3.10. The van der Waals surface area contributed by atoms with Crippen molar-refractivity contribution in [3.8, 4) is 11.8 Å². The van der Waals surface area contributed by atoms with Crippen LogP contribution in [0.1, 0.15) is 84.1 Å². The molecular formula is C29H36O2. The van der Waals surface area contributed by atoms with Gasteiger partial charge in [0.1, 0.15) is 6.10 Å². The zero-order chi connectivity index (χ0) is 21.6. The Bertz CT molecular complexity index is 948. The van der Waals surface area contributed by atoms with Crippen LogP contribution in [0, 0.1) is 40.4 Å². The molecule has 1 aromatic carbocycles. The normalized spacial score (nSPS) is 38.9. The lowest BCUT2D eigenvalue weighted by molar-refractivity contribution is -0.154. The molecular weight excluding hydrogens is 380 g/mol. The second kappa shape index (κ2) is 7.84. The molecule has 0 radical (unpaired) electrons. The van der Waals surface area contributed by atoms with Gasteiger partial charge in [-0.05, 0) is 100 Å². The number of benzene rings is 1. The van der Waals surface area contributed by atoms with Gasteiger partial charge in [-0.1, -0.05) is 48.1 Å². The Balaban J connectivity index is 1.37. The van der Waals surface area contributed by atoms with Crippen LogP contribution in [0.15, 0.2) is 41.5 Å². The van der Waals surface area contributed by atoms with Crippen LogP contribution >= 0.6 is 0 Å². The quantitative estimate of drug-likeness (QED) is 0.289. The maximum atomic E-state index is 11.5. The van der Waals surface area contributed by atoms with Crippen LogP contribution in [-0.2, 0) is 9.53 Å². The monoisotopic (exact) mass is 416 g/mol. The van der Waals surface area contributed by atoms with Gasteiger partial charge < -0.3 is 4.74 Å². The van der Waals surface area contributed by atoms with Crippen LogP contribution in [0.5, 0.6) is 0 Å². The first-order valence-corrected chi connectivity index (χ1v) is 12.4. The van der Waals surface area contributed by atoms with Crippen molar-refractivity contribution in [1.29, 1.82) is 0 Å². The van der Waals surface area contributed by atoms with Crippen LogP contribution in [0.2, 0.25) is 0 Å². The maximum absolute atomic E-state index is 11.5. The van der Waals surface area contributed by atoms with Gasteiger partial charge in [0.25, 0.3) is 0 Å². The van der Waals surface area contributed by atoms with Crippen LogP contribution in [0.25, 0.3) is 0 Å². The van der Waals surface area contributed by atoms with E-state index in [9.17, 15) is 4.79 Å². The predicted molar refractivity (Wildman–Crippen MR) is 124 cm³/mol. The van der Waals surface area contributed by atoms with Gasteiger partial charge in [-0.2, -0.15) is 0 Å². The van der Waals surface area contributed by atoms with Crippen molar-refractivity contribution in [1.82, 2.24) is 0 Å². The summed E-state index contributed by atoms with van der Waals surface area (Å²) in [7, 11) is 0. The molecule has 164 valence electrons. The van der Waals surface area contributed by atoms with E-state index in [0.717, 1.165) is 30.2 Å². The molecule has 4 aliphatic rings. The Morgan fingerprint density at radius 3 is 2.61 bits per heavy atom. The summed E-state index contributed by atoms with van der Waals surface area (Å²) in [5.41, 5.74) is 5.06. The van der Waals surface area contributed by atoms with Gasteiger partial charge in [0, 0.05) is 12.5 Å². The molecule has 2 fully saturated rings. The summed E-state index contributed by atoms with van der Waals surface area (Å²) in [5.74, 6) is 9.33. The minimum atomic E-state index is -0.114. The van der Waals surface area contributed by atoms with Gasteiger partial charge in [-0.15, -0.1) is 0 Å². The second-order valence-corrected chi connectivity index (χ2v) is 11.0. The molecule has 0 aliphatic heterocycles. The molecule has 0 bridgehead atoms. The predicted octanol–water partition coefficient (Wildman–Crippen LogP) is 6.69. The zero-order valence-electron chi connectivity index (χ0n) is 19.4. The zero-order valence-corrected chi connectivity index (χ0v) is 19.4. The first kappa shape index (κ1) is 20.9. The van der Waals surface area contributed by atoms with Crippen molar-refractivity contribution in [2.24, 2.45) is 28.6 Å². The Kier molecular flexibility index (Phi) is 5.28. The van der Waals surface area contributed by atoms with Crippen LogP contribution in [0.3, 0.4) is 0 Å². The highest BCUT2D eigenvalue weighted by atomic mass is 16.5. The van der Waals surface area contributed by atoms with E-state index in [1.807, 2.05) is 0 Å². The summed E-state index contributed by atoms with van der Waals surface area (Å²) in [6, 6.07) is 10.4. The summed E-state index contributed by atoms with van der Waals surface area (Å²) in [5, 5.41) is 0. The highest BCUT2D eigenvalue weighted by molar-refractivity contribution is 5.66. The number of fused-ring (bicyclic) bond motifs is 4. The summed E-state index contributed by atoms with van der Waals surface area (Å²) in [4.78, 5) is 11.5. The lowest BCUT2D eigenvalue weighted by Crippen LogP contribution is -2.49. The molecule has 0 heterocycles. The summed E-state index contributed by atoms with van der Waals surface area (Å²) >= 11 is 0. The third-order valence-electron chi connectivity index (χ3n) is 9.33. The molecule has 6 atom stereocenters. The van der Waals surface area contributed by atoms with Crippen molar-refractivity contribution >= 4 is 5.97 Å². The van der Waals surface area contributed by atoms with E-state index in [2.05, 4.69) is 56.0 Å². The third-order valence-corrected chi connectivity index (χ3v) is 9.33. The van der Waals surface area contributed by atoms with Gasteiger partial charge >= 0.3 is 5.97 Å². The second-order valence-electron chi connectivity index (χ2n) is 11.0. The molecule has 0 unspecified atom stereocenters. The fourth-order valence-corrected chi connectivity index (χ4v) is 7.70. The highest BCUT2D eigenvalue weighted by Crippen LogP contribution is 2.63. The molecule has 0 saturated heterocycles. The van der Waals surface area contributed by atoms with E-state index in [-0.39, 0.29) is 17.5 Å². The molecule has 1 aromatic rings. The van der Waals surface area contributed by atoms with Crippen molar-refractivity contribution < 1.29 is 9.53 Å². The van der Waals surface area contributed by atoms with E-state index in [1.165, 1.54) is 44.9 Å². The molecule has 0 spiro atoms. The topological polar surface area (TPSA) is 26.3 Å². The Labute approximate surface area is 187 Å². The molecule has 0 aromatic heterocycles. The van der Waals surface area contributed by atoms with Crippen molar-refractivity contribution in [3.63, 3.8) is 0 Å². The molecule has 2 heteroatoms. The fraction of sp³-hybridized carbons (Fsp3) is 0.621. The van der Waals surface area contributed by atoms with Crippen LogP contribution in [-0.4, -0.2) is 12.1 Å². The first-order valence-electron chi connectivity index (χ1n) is 12.4. The number of hydrogen-bond donors (Lipinski definition) is 0. The Hall–Kier alpha value is -2.01. The van der Waals surface area contributed by atoms with Gasteiger partial charge in [-0.3, -0.25) is 4.79 Å². The fourth-order valence-electron chi connectivity index (χ4n) is 7.70. The van der Waals surface area contributed by atoms with E-state index < -0.39 is 0 Å². The molecule has 31 heavy (non-hydrogen) atoms. The number of esters is 1. The lowest BCUT2D eigenvalue weighted by Gasteiger charge is -2.57. The lowest BCUT2D eigenvalue weighted by atomic mass is 9.49. The van der Waals surface area contributed by atoms with Gasteiger partial charge in [-0.25, -0.2) is 0 Å². The van der Waals surface area contributed by atoms with Crippen LogP contribution in [0.4, 0.5) is 0 Å². The average molecular weight is 417 g/mol. The van der Waals surface area contributed by atoms with Crippen molar-refractivity contribution in [2.45, 2.75) is 84.7 Å². The highest BCUT2D eigenvalue weighted by Gasteiger charge is 2.54.